The van der Waals surface area contributed by atoms with E-state index in [4.69, 9.17) is 0 Å². The van der Waals surface area contributed by atoms with E-state index in [0.717, 1.165) is 13.8 Å². The van der Waals surface area contributed by atoms with E-state index in [0.29, 0.717) is 11.1 Å². The average molecular weight is 386 g/mol. The van der Waals surface area contributed by atoms with Crippen molar-refractivity contribution in [1.82, 2.24) is 0 Å². The van der Waals surface area contributed by atoms with Gasteiger partial charge in [-0.25, -0.2) is 0 Å². The van der Waals surface area contributed by atoms with Crippen molar-refractivity contribution in [3.05, 3.63) is 71.8 Å². The van der Waals surface area contributed by atoms with Crippen molar-refractivity contribution in [3.63, 3.8) is 0 Å². The molecule has 6 heteroatoms. The summed E-state index contributed by atoms with van der Waals surface area (Å²) in [6.07, 6.45) is -3.40. The number of Topliss-reactive ketones (excluding diaryl/α,β-unsaturated/α-hetero) is 2. The normalized spacial score (nSPS) is 17.8. The van der Waals surface area contributed by atoms with E-state index in [9.17, 15) is 30.0 Å². The largest absolute Gasteiger partial charge is 0.385 e. The van der Waals surface area contributed by atoms with Crippen molar-refractivity contribution < 1.29 is 30.0 Å². The SMILES string of the molecule is C[C@@](O)(C(=O)C(O)Cc1ccccc1)[C@](C)(O)C(=O)C(O)Cc1ccccc1. The summed E-state index contributed by atoms with van der Waals surface area (Å²) >= 11 is 0. The molecule has 2 unspecified atom stereocenters. The maximum absolute atomic E-state index is 12.6. The van der Waals surface area contributed by atoms with Gasteiger partial charge in [0.15, 0.2) is 22.8 Å². The molecular formula is C22H26O6. The molecule has 0 aliphatic carbocycles. The van der Waals surface area contributed by atoms with Crippen molar-refractivity contribution in [1.29, 1.82) is 0 Å². The molecular weight excluding hydrogens is 360 g/mol. The molecule has 2 aromatic carbocycles. The van der Waals surface area contributed by atoms with Crippen LogP contribution in [0.1, 0.15) is 25.0 Å². The van der Waals surface area contributed by atoms with Gasteiger partial charge in [0, 0.05) is 12.8 Å². The van der Waals surface area contributed by atoms with Crippen molar-refractivity contribution in [3.8, 4) is 0 Å². The Morgan fingerprint density at radius 1 is 0.714 bits per heavy atom. The minimum atomic E-state index is -2.59. The van der Waals surface area contributed by atoms with Crippen LogP contribution in [0.3, 0.4) is 0 Å². The summed E-state index contributed by atoms with van der Waals surface area (Å²) in [5, 5.41) is 41.8. The molecule has 0 heterocycles. The highest BCUT2D eigenvalue weighted by atomic mass is 16.4. The zero-order chi connectivity index (χ0) is 20.9. The van der Waals surface area contributed by atoms with Gasteiger partial charge in [-0.2, -0.15) is 0 Å². The van der Waals surface area contributed by atoms with Crippen LogP contribution in [0.15, 0.2) is 60.7 Å². The number of hydrogen-bond acceptors (Lipinski definition) is 6. The molecule has 0 aliphatic rings. The lowest BCUT2D eigenvalue weighted by molar-refractivity contribution is -0.184. The highest BCUT2D eigenvalue weighted by molar-refractivity contribution is 6.02. The van der Waals surface area contributed by atoms with Gasteiger partial charge in [0.25, 0.3) is 0 Å². The number of ketones is 2. The van der Waals surface area contributed by atoms with E-state index in [1.165, 1.54) is 0 Å². The molecule has 2 aromatic rings. The lowest BCUT2D eigenvalue weighted by Gasteiger charge is -2.38. The Morgan fingerprint density at radius 2 is 1.00 bits per heavy atom. The molecule has 0 saturated heterocycles. The maximum Gasteiger partial charge on any atom is 0.196 e. The molecule has 2 rings (SSSR count). The number of benzene rings is 2. The molecule has 0 aromatic heterocycles. The highest BCUT2D eigenvalue weighted by Gasteiger charge is 2.55. The number of rotatable bonds is 9. The van der Waals surface area contributed by atoms with Crippen molar-refractivity contribution >= 4 is 11.6 Å². The molecule has 0 spiro atoms. The molecule has 0 amide bonds. The summed E-state index contributed by atoms with van der Waals surface area (Å²) in [4.78, 5) is 25.2. The van der Waals surface area contributed by atoms with Crippen LogP contribution in [-0.4, -0.2) is 55.4 Å². The molecule has 6 nitrogen and oxygen atoms in total. The Morgan fingerprint density at radius 3 is 1.29 bits per heavy atom. The van der Waals surface area contributed by atoms with Crippen LogP contribution in [-0.2, 0) is 22.4 Å². The Bertz CT molecular complexity index is 729. The number of aliphatic hydroxyl groups excluding tert-OH is 2. The number of carbonyl (C=O) groups is 2. The van der Waals surface area contributed by atoms with Crippen LogP contribution in [0.25, 0.3) is 0 Å². The van der Waals surface area contributed by atoms with E-state index in [-0.39, 0.29) is 12.8 Å². The predicted molar refractivity (Wildman–Crippen MR) is 104 cm³/mol. The zero-order valence-electron chi connectivity index (χ0n) is 15.9. The molecule has 28 heavy (non-hydrogen) atoms. The highest BCUT2D eigenvalue weighted by Crippen LogP contribution is 2.28. The van der Waals surface area contributed by atoms with Crippen molar-refractivity contribution in [2.24, 2.45) is 0 Å². The fourth-order valence-electron chi connectivity index (χ4n) is 2.99. The summed E-state index contributed by atoms with van der Waals surface area (Å²) in [6, 6.07) is 17.4. The molecule has 4 N–H and O–H groups in total. The quantitative estimate of drug-likeness (QED) is 0.508. The molecule has 0 saturated carbocycles. The van der Waals surface area contributed by atoms with E-state index < -0.39 is 35.0 Å². The minimum Gasteiger partial charge on any atom is -0.385 e. The van der Waals surface area contributed by atoms with Gasteiger partial charge in [0.2, 0.25) is 0 Å². The van der Waals surface area contributed by atoms with Gasteiger partial charge < -0.3 is 20.4 Å². The third-order valence-corrected chi connectivity index (χ3v) is 5.06. The lowest BCUT2D eigenvalue weighted by Crippen LogP contribution is -2.64. The Balaban J connectivity index is 2.14. The summed E-state index contributed by atoms with van der Waals surface area (Å²) in [7, 11) is 0. The number of hydrogen-bond donors (Lipinski definition) is 4. The standard InChI is InChI=1S/C22H26O6/c1-21(27,19(25)17(23)13-15-9-5-3-6-10-15)22(2,28)20(26)18(24)14-16-11-7-4-8-12-16/h3-12,17-18,23-24,27-28H,13-14H2,1-2H3/t17?,18?,21-,22-/m1/s1. The summed E-state index contributed by atoms with van der Waals surface area (Å²) in [5.41, 5.74) is -3.85. The topological polar surface area (TPSA) is 115 Å². The van der Waals surface area contributed by atoms with Crippen LogP contribution in [0.4, 0.5) is 0 Å². The van der Waals surface area contributed by atoms with Gasteiger partial charge in [0.05, 0.1) is 0 Å². The predicted octanol–water partition coefficient (Wildman–Crippen LogP) is 0.834. The Hall–Kier alpha value is -2.38. The fraction of sp³-hybridized carbons (Fsp3) is 0.364. The van der Waals surface area contributed by atoms with Gasteiger partial charge >= 0.3 is 0 Å². The zero-order valence-corrected chi connectivity index (χ0v) is 15.9. The van der Waals surface area contributed by atoms with Gasteiger partial charge in [0.1, 0.15) is 12.2 Å². The second-order valence-corrected chi connectivity index (χ2v) is 7.28. The van der Waals surface area contributed by atoms with Gasteiger partial charge in [-0.15, -0.1) is 0 Å². The smallest absolute Gasteiger partial charge is 0.196 e. The van der Waals surface area contributed by atoms with Crippen LogP contribution in [0.2, 0.25) is 0 Å². The first-order valence-corrected chi connectivity index (χ1v) is 9.04. The Labute approximate surface area is 164 Å². The number of aliphatic hydroxyl groups is 4. The van der Waals surface area contributed by atoms with Gasteiger partial charge in [-0.1, -0.05) is 60.7 Å². The molecule has 0 bridgehead atoms. The van der Waals surface area contributed by atoms with Crippen LogP contribution < -0.4 is 0 Å². The molecule has 0 aliphatic heterocycles. The lowest BCUT2D eigenvalue weighted by atomic mass is 9.75. The van der Waals surface area contributed by atoms with Crippen LogP contribution in [0, 0.1) is 0 Å². The van der Waals surface area contributed by atoms with E-state index in [1.54, 1.807) is 60.7 Å². The third-order valence-electron chi connectivity index (χ3n) is 5.06. The van der Waals surface area contributed by atoms with E-state index in [1.807, 2.05) is 0 Å². The molecule has 0 radical (unpaired) electrons. The van der Waals surface area contributed by atoms with Crippen molar-refractivity contribution in [2.75, 3.05) is 0 Å². The second-order valence-electron chi connectivity index (χ2n) is 7.28. The average Bonchev–Trinajstić information content (AvgIpc) is 2.68. The van der Waals surface area contributed by atoms with Crippen LogP contribution in [0.5, 0.6) is 0 Å². The molecule has 0 fully saturated rings. The van der Waals surface area contributed by atoms with E-state index in [2.05, 4.69) is 0 Å². The summed E-state index contributed by atoms with van der Waals surface area (Å²) in [6.45, 7) is 1.94. The van der Waals surface area contributed by atoms with Gasteiger partial charge in [-0.3, -0.25) is 9.59 Å². The summed E-state index contributed by atoms with van der Waals surface area (Å²) in [5.74, 6) is -2.19. The fourth-order valence-corrected chi connectivity index (χ4v) is 2.99. The van der Waals surface area contributed by atoms with Crippen LogP contribution >= 0.6 is 0 Å². The third kappa shape index (κ3) is 4.72. The first kappa shape index (κ1) is 21.9. The first-order valence-electron chi connectivity index (χ1n) is 9.04. The molecule has 150 valence electrons. The second kappa shape index (κ2) is 8.75. The maximum atomic E-state index is 12.6. The Kier molecular flexibility index (Phi) is 6.85. The number of carbonyl (C=O) groups excluding carboxylic acids is 2. The monoisotopic (exact) mass is 386 g/mol. The molecule has 4 atom stereocenters. The first-order chi connectivity index (χ1) is 13.1. The minimum absolute atomic E-state index is 0.0767. The van der Waals surface area contributed by atoms with Crippen molar-refractivity contribution in [2.45, 2.75) is 50.1 Å². The van der Waals surface area contributed by atoms with E-state index >= 15 is 0 Å². The van der Waals surface area contributed by atoms with Gasteiger partial charge in [-0.05, 0) is 25.0 Å². The summed E-state index contributed by atoms with van der Waals surface area (Å²) < 4.78 is 0.